The standard InChI is InChI=1S/C24H26FN5O3/c25-20-14-18(9-10-22(20)33-21-8-2-1-6-17(21)15-26)27-23(31)28-19-7-5-13-30(16-19)24(32)29-11-3-4-12-29/h1-2,6,8-10,14,19H,3-5,7,11-13,16H2,(H2,27,28,31). The Balaban J connectivity index is 1.32. The summed E-state index contributed by atoms with van der Waals surface area (Å²) >= 11 is 0. The first-order chi connectivity index (χ1) is 16.0. The molecule has 8 nitrogen and oxygen atoms in total. The van der Waals surface area contributed by atoms with E-state index in [0.717, 1.165) is 44.8 Å². The van der Waals surface area contributed by atoms with Crippen LogP contribution in [0.5, 0.6) is 11.5 Å². The SMILES string of the molecule is N#Cc1ccccc1Oc1ccc(NC(=O)NC2CCCN(C(=O)N3CCCC3)C2)cc1F. The minimum atomic E-state index is -0.666. The third-order valence-corrected chi connectivity index (χ3v) is 5.82. The van der Waals surface area contributed by atoms with Crippen molar-refractivity contribution in [2.75, 3.05) is 31.5 Å². The van der Waals surface area contributed by atoms with E-state index < -0.39 is 11.8 Å². The number of likely N-dealkylation sites (tertiary alicyclic amines) is 2. The third kappa shape index (κ3) is 5.52. The van der Waals surface area contributed by atoms with Crippen molar-refractivity contribution in [2.24, 2.45) is 0 Å². The number of carbonyl (C=O) groups is 2. The predicted octanol–water partition coefficient (Wildman–Crippen LogP) is 4.29. The van der Waals surface area contributed by atoms with Crippen molar-refractivity contribution < 1.29 is 18.7 Å². The number of ether oxygens (including phenoxy) is 1. The summed E-state index contributed by atoms with van der Waals surface area (Å²) in [4.78, 5) is 28.7. The number of nitrogens with zero attached hydrogens (tertiary/aromatic N) is 3. The summed E-state index contributed by atoms with van der Waals surface area (Å²) in [5.74, 6) is -0.463. The number of hydrogen-bond donors (Lipinski definition) is 2. The molecule has 0 aromatic heterocycles. The van der Waals surface area contributed by atoms with E-state index in [-0.39, 0.29) is 29.3 Å². The number of amides is 4. The van der Waals surface area contributed by atoms with Crippen LogP contribution in [0.1, 0.15) is 31.2 Å². The Hall–Kier alpha value is -3.80. The maximum atomic E-state index is 14.5. The number of nitrogens with one attached hydrogen (secondary N) is 2. The Kier molecular flexibility index (Phi) is 6.93. The van der Waals surface area contributed by atoms with E-state index in [1.807, 2.05) is 11.0 Å². The molecule has 4 rings (SSSR count). The van der Waals surface area contributed by atoms with E-state index in [1.165, 1.54) is 12.1 Å². The van der Waals surface area contributed by atoms with Gasteiger partial charge in [-0.25, -0.2) is 14.0 Å². The van der Waals surface area contributed by atoms with Gasteiger partial charge in [-0.1, -0.05) is 12.1 Å². The predicted molar refractivity (Wildman–Crippen MR) is 121 cm³/mol. The van der Waals surface area contributed by atoms with Gasteiger partial charge in [-0.05, 0) is 49.9 Å². The van der Waals surface area contributed by atoms with Gasteiger partial charge in [-0.2, -0.15) is 5.26 Å². The highest BCUT2D eigenvalue weighted by Gasteiger charge is 2.29. The lowest BCUT2D eigenvalue weighted by Gasteiger charge is -2.35. The van der Waals surface area contributed by atoms with Gasteiger partial charge in [-0.3, -0.25) is 0 Å². The van der Waals surface area contributed by atoms with Crippen LogP contribution in [0, 0.1) is 17.1 Å². The van der Waals surface area contributed by atoms with E-state index in [0.29, 0.717) is 18.7 Å². The molecule has 0 aliphatic carbocycles. The molecule has 172 valence electrons. The van der Waals surface area contributed by atoms with E-state index in [2.05, 4.69) is 10.6 Å². The number of rotatable bonds is 4. The number of urea groups is 2. The molecule has 0 saturated carbocycles. The molecule has 2 N–H and O–H groups in total. The third-order valence-electron chi connectivity index (χ3n) is 5.82. The molecular weight excluding hydrogens is 425 g/mol. The fourth-order valence-electron chi connectivity index (χ4n) is 4.16. The summed E-state index contributed by atoms with van der Waals surface area (Å²) in [6, 6.07) is 12.0. The zero-order valence-electron chi connectivity index (χ0n) is 18.2. The summed E-state index contributed by atoms with van der Waals surface area (Å²) in [6.07, 6.45) is 3.66. The van der Waals surface area contributed by atoms with Crippen molar-refractivity contribution in [3.05, 3.63) is 53.8 Å². The highest BCUT2D eigenvalue weighted by atomic mass is 19.1. The van der Waals surface area contributed by atoms with Gasteiger partial charge in [-0.15, -0.1) is 0 Å². The second kappa shape index (κ2) is 10.2. The van der Waals surface area contributed by atoms with Gasteiger partial charge >= 0.3 is 12.1 Å². The van der Waals surface area contributed by atoms with Crippen molar-refractivity contribution in [1.82, 2.24) is 15.1 Å². The van der Waals surface area contributed by atoms with Crippen LogP contribution >= 0.6 is 0 Å². The molecule has 2 saturated heterocycles. The Labute approximate surface area is 191 Å². The summed E-state index contributed by atoms with van der Waals surface area (Å²) in [6.45, 7) is 2.74. The largest absolute Gasteiger partial charge is 0.453 e. The molecule has 33 heavy (non-hydrogen) atoms. The van der Waals surface area contributed by atoms with Gasteiger partial charge in [0, 0.05) is 44.0 Å². The summed E-state index contributed by atoms with van der Waals surface area (Å²) in [7, 11) is 0. The zero-order chi connectivity index (χ0) is 23.2. The molecule has 2 aromatic rings. The highest BCUT2D eigenvalue weighted by molar-refractivity contribution is 5.89. The molecule has 1 unspecified atom stereocenters. The maximum Gasteiger partial charge on any atom is 0.320 e. The van der Waals surface area contributed by atoms with Crippen LogP contribution in [0.15, 0.2) is 42.5 Å². The van der Waals surface area contributed by atoms with Crippen LogP contribution in [0.2, 0.25) is 0 Å². The topological polar surface area (TPSA) is 97.7 Å². The quantitative estimate of drug-likeness (QED) is 0.725. The van der Waals surface area contributed by atoms with Crippen LogP contribution in [0.3, 0.4) is 0 Å². The normalized spacial score (nSPS) is 17.9. The van der Waals surface area contributed by atoms with Crippen molar-refractivity contribution in [2.45, 2.75) is 31.7 Å². The number of benzene rings is 2. The van der Waals surface area contributed by atoms with Gasteiger partial charge < -0.3 is 25.2 Å². The first kappa shape index (κ1) is 22.4. The fourth-order valence-corrected chi connectivity index (χ4v) is 4.16. The average molecular weight is 452 g/mol. The van der Waals surface area contributed by atoms with Crippen molar-refractivity contribution in [3.8, 4) is 17.6 Å². The van der Waals surface area contributed by atoms with Gasteiger partial charge in [0.1, 0.15) is 11.8 Å². The van der Waals surface area contributed by atoms with E-state index in [4.69, 9.17) is 10.00 Å². The minimum absolute atomic E-state index is 0.0371. The number of hydrogen-bond acceptors (Lipinski definition) is 4. The minimum Gasteiger partial charge on any atom is -0.453 e. The Bertz CT molecular complexity index is 1060. The second-order valence-corrected chi connectivity index (χ2v) is 8.22. The maximum absolute atomic E-state index is 14.5. The summed E-state index contributed by atoms with van der Waals surface area (Å²) < 4.78 is 20.1. The van der Waals surface area contributed by atoms with E-state index in [1.54, 1.807) is 29.2 Å². The van der Waals surface area contributed by atoms with E-state index in [9.17, 15) is 14.0 Å². The number of nitriles is 1. The molecule has 0 radical (unpaired) electrons. The molecule has 2 aliphatic heterocycles. The first-order valence-corrected chi connectivity index (χ1v) is 11.1. The molecule has 2 aromatic carbocycles. The fraction of sp³-hybridized carbons (Fsp3) is 0.375. The first-order valence-electron chi connectivity index (χ1n) is 11.1. The number of carbonyl (C=O) groups excluding carboxylic acids is 2. The van der Waals surface area contributed by atoms with Crippen molar-refractivity contribution in [3.63, 3.8) is 0 Å². The van der Waals surface area contributed by atoms with Crippen LogP contribution in [-0.4, -0.2) is 54.1 Å². The van der Waals surface area contributed by atoms with Crippen molar-refractivity contribution in [1.29, 1.82) is 5.26 Å². The smallest absolute Gasteiger partial charge is 0.320 e. The Morgan fingerprint density at radius 1 is 1.03 bits per heavy atom. The second-order valence-electron chi connectivity index (χ2n) is 8.22. The van der Waals surface area contributed by atoms with Crippen LogP contribution < -0.4 is 15.4 Å². The number of halogens is 1. The molecular formula is C24H26FN5O3. The average Bonchev–Trinajstić information content (AvgIpc) is 3.36. The molecule has 2 aliphatic rings. The van der Waals surface area contributed by atoms with Gasteiger partial charge in [0.2, 0.25) is 0 Å². The molecule has 0 bridgehead atoms. The van der Waals surface area contributed by atoms with E-state index >= 15 is 0 Å². The van der Waals surface area contributed by atoms with Crippen molar-refractivity contribution >= 4 is 17.7 Å². The van der Waals surface area contributed by atoms with Crippen LogP contribution in [-0.2, 0) is 0 Å². The number of piperidine rings is 1. The summed E-state index contributed by atoms with van der Waals surface area (Å²) in [5, 5.41) is 14.7. The molecule has 4 amide bonds. The van der Waals surface area contributed by atoms with Gasteiger partial charge in [0.15, 0.2) is 11.6 Å². The van der Waals surface area contributed by atoms with Crippen LogP contribution in [0.4, 0.5) is 19.7 Å². The summed E-state index contributed by atoms with van der Waals surface area (Å²) in [5.41, 5.74) is 0.565. The lowest BCUT2D eigenvalue weighted by molar-refractivity contribution is 0.143. The molecule has 9 heteroatoms. The van der Waals surface area contributed by atoms with Crippen LogP contribution in [0.25, 0.3) is 0 Å². The number of anilines is 1. The highest BCUT2D eigenvalue weighted by Crippen LogP contribution is 2.28. The lowest BCUT2D eigenvalue weighted by atomic mass is 10.1. The monoisotopic (exact) mass is 451 g/mol. The van der Waals surface area contributed by atoms with Gasteiger partial charge in [0.25, 0.3) is 0 Å². The van der Waals surface area contributed by atoms with Gasteiger partial charge in [0.05, 0.1) is 5.56 Å². The Morgan fingerprint density at radius 3 is 2.55 bits per heavy atom. The zero-order valence-corrected chi connectivity index (χ0v) is 18.2. The molecule has 2 fully saturated rings. The lowest BCUT2D eigenvalue weighted by Crippen LogP contribution is -2.53. The Morgan fingerprint density at radius 2 is 1.79 bits per heavy atom. The molecule has 2 heterocycles. The molecule has 0 spiro atoms. The molecule has 1 atom stereocenters. The number of para-hydroxylation sites is 1.